The van der Waals surface area contributed by atoms with Crippen LogP contribution in [-0.4, -0.2) is 17.4 Å². The van der Waals surface area contributed by atoms with E-state index in [0.717, 1.165) is 24.3 Å². The van der Waals surface area contributed by atoms with E-state index in [-0.39, 0.29) is 29.7 Å². The molecule has 2 N–H and O–H groups in total. The summed E-state index contributed by atoms with van der Waals surface area (Å²) in [7, 11) is 0. The lowest BCUT2D eigenvalue weighted by atomic mass is 10.1. The Morgan fingerprint density at radius 2 is 1.72 bits per heavy atom. The van der Waals surface area contributed by atoms with Crippen LogP contribution in [0.1, 0.15) is 16.9 Å². The molecule has 0 amide bonds. The molecular formula is C21H23IN4O3. The van der Waals surface area contributed by atoms with Gasteiger partial charge in [-0.25, -0.2) is 4.99 Å². The molecule has 3 aromatic rings. The van der Waals surface area contributed by atoms with Crippen molar-refractivity contribution >= 4 is 35.6 Å². The normalized spacial score (nSPS) is 10.8. The van der Waals surface area contributed by atoms with Crippen LogP contribution in [0, 0.1) is 10.1 Å². The molecule has 0 fully saturated rings. The molecule has 2 aromatic carbocycles. The first-order valence-corrected chi connectivity index (χ1v) is 9.02. The Hall–Kier alpha value is -2.88. The van der Waals surface area contributed by atoms with Gasteiger partial charge in [-0.15, -0.1) is 24.0 Å². The van der Waals surface area contributed by atoms with E-state index in [1.807, 2.05) is 30.3 Å². The number of rotatable bonds is 8. The largest absolute Gasteiger partial charge is 0.467 e. The summed E-state index contributed by atoms with van der Waals surface area (Å²) in [6, 6.07) is 20.4. The molecule has 0 radical (unpaired) electrons. The Balaban J connectivity index is 0.00000300. The van der Waals surface area contributed by atoms with Crippen molar-refractivity contribution < 1.29 is 9.34 Å². The number of guanidine groups is 1. The molecule has 0 saturated heterocycles. The Bertz CT molecular complexity index is 897. The summed E-state index contributed by atoms with van der Waals surface area (Å²) < 4.78 is 5.35. The van der Waals surface area contributed by atoms with E-state index in [4.69, 9.17) is 4.42 Å². The molecule has 7 nitrogen and oxygen atoms in total. The molecule has 0 aliphatic heterocycles. The first kappa shape index (κ1) is 22.4. The van der Waals surface area contributed by atoms with Crippen LogP contribution in [0.2, 0.25) is 0 Å². The van der Waals surface area contributed by atoms with Gasteiger partial charge in [0.1, 0.15) is 5.76 Å². The number of halogens is 1. The number of furan rings is 1. The Morgan fingerprint density at radius 3 is 2.38 bits per heavy atom. The fraction of sp³-hybridized carbons (Fsp3) is 0.190. The van der Waals surface area contributed by atoms with Crippen LogP contribution in [0.3, 0.4) is 0 Å². The van der Waals surface area contributed by atoms with Crippen LogP contribution in [0.5, 0.6) is 0 Å². The fourth-order valence-electron chi connectivity index (χ4n) is 2.62. The quantitative estimate of drug-likeness (QED) is 0.156. The molecule has 0 aliphatic rings. The van der Waals surface area contributed by atoms with Gasteiger partial charge in [0.05, 0.1) is 24.3 Å². The van der Waals surface area contributed by atoms with E-state index in [1.54, 1.807) is 18.4 Å². The summed E-state index contributed by atoms with van der Waals surface area (Å²) in [4.78, 5) is 14.9. The smallest absolute Gasteiger partial charge is 0.269 e. The maximum absolute atomic E-state index is 10.8. The zero-order chi connectivity index (χ0) is 19.6. The second-order valence-corrected chi connectivity index (χ2v) is 6.18. The van der Waals surface area contributed by atoms with Crippen molar-refractivity contribution in [3.8, 4) is 0 Å². The van der Waals surface area contributed by atoms with E-state index in [1.165, 1.54) is 17.7 Å². The molecule has 0 saturated carbocycles. The minimum absolute atomic E-state index is 0. The van der Waals surface area contributed by atoms with Gasteiger partial charge in [0.15, 0.2) is 5.96 Å². The summed E-state index contributed by atoms with van der Waals surface area (Å²) in [5.74, 6) is 1.47. The molecule has 1 aromatic heterocycles. The molecule has 0 aliphatic carbocycles. The lowest BCUT2D eigenvalue weighted by Gasteiger charge is -2.12. The highest BCUT2D eigenvalue weighted by atomic mass is 127. The molecule has 3 rings (SSSR count). The van der Waals surface area contributed by atoms with Crippen molar-refractivity contribution in [1.82, 2.24) is 10.6 Å². The van der Waals surface area contributed by atoms with Gasteiger partial charge in [-0.1, -0.05) is 42.5 Å². The van der Waals surface area contributed by atoms with Crippen LogP contribution in [0.15, 0.2) is 82.4 Å². The zero-order valence-corrected chi connectivity index (χ0v) is 18.1. The standard InChI is InChI=1S/C21H22N4O3.HI/c26-25(27)19-10-8-18(9-11-19)15-23-21(24-16-20-7-4-14-28-20)22-13-12-17-5-2-1-3-6-17;/h1-11,14H,12-13,15-16H2,(H2,22,23,24);1H. The van der Waals surface area contributed by atoms with Crippen molar-refractivity contribution in [2.45, 2.75) is 19.5 Å². The zero-order valence-electron chi connectivity index (χ0n) is 15.8. The molecule has 0 bridgehead atoms. The molecule has 0 spiro atoms. The van der Waals surface area contributed by atoms with Gasteiger partial charge in [-0.2, -0.15) is 0 Å². The van der Waals surface area contributed by atoms with Crippen LogP contribution in [-0.2, 0) is 19.5 Å². The third-order valence-corrected chi connectivity index (χ3v) is 4.13. The van der Waals surface area contributed by atoms with Gasteiger partial charge in [0, 0.05) is 18.7 Å². The van der Waals surface area contributed by atoms with Crippen molar-refractivity contribution in [1.29, 1.82) is 0 Å². The van der Waals surface area contributed by atoms with Gasteiger partial charge >= 0.3 is 0 Å². The van der Waals surface area contributed by atoms with Crippen molar-refractivity contribution in [3.05, 3.63) is 100.0 Å². The van der Waals surface area contributed by atoms with Gasteiger partial charge < -0.3 is 15.1 Å². The maximum atomic E-state index is 10.8. The maximum Gasteiger partial charge on any atom is 0.269 e. The minimum Gasteiger partial charge on any atom is -0.467 e. The van der Waals surface area contributed by atoms with Gasteiger partial charge in [0.25, 0.3) is 5.69 Å². The van der Waals surface area contributed by atoms with E-state index >= 15 is 0 Å². The number of hydrogen-bond donors (Lipinski definition) is 2. The van der Waals surface area contributed by atoms with Crippen LogP contribution in [0.4, 0.5) is 5.69 Å². The fourth-order valence-corrected chi connectivity index (χ4v) is 2.62. The average Bonchev–Trinajstić information content (AvgIpc) is 3.24. The third-order valence-electron chi connectivity index (χ3n) is 4.13. The number of hydrogen-bond acceptors (Lipinski definition) is 4. The summed E-state index contributed by atoms with van der Waals surface area (Å²) >= 11 is 0. The number of aliphatic imine (C=N–C) groups is 1. The highest BCUT2D eigenvalue weighted by molar-refractivity contribution is 14.0. The van der Waals surface area contributed by atoms with E-state index in [2.05, 4.69) is 27.8 Å². The van der Waals surface area contributed by atoms with E-state index < -0.39 is 4.92 Å². The van der Waals surface area contributed by atoms with E-state index in [9.17, 15) is 10.1 Å². The molecular weight excluding hydrogens is 483 g/mol. The highest BCUT2D eigenvalue weighted by Gasteiger charge is 2.05. The lowest BCUT2D eigenvalue weighted by Crippen LogP contribution is -2.38. The van der Waals surface area contributed by atoms with Crippen molar-refractivity contribution in [2.75, 3.05) is 6.54 Å². The van der Waals surface area contributed by atoms with Gasteiger partial charge in [-0.3, -0.25) is 10.1 Å². The Labute approximate surface area is 186 Å². The minimum atomic E-state index is -0.408. The van der Waals surface area contributed by atoms with Crippen molar-refractivity contribution in [2.24, 2.45) is 4.99 Å². The van der Waals surface area contributed by atoms with Crippen LogP contribution >= 0.6 is 24.0 Å². The average molecular weight is 506 g/mol. The second kappa shape index (κ2) is 11.8. The number of nitrogens with zero attached hydrogens (tertiary/aromatic N) is 2. The SMILES string of the molecule is I.O=[N+]([O-])c1ccc(CN=C(NCCc2ccccc2)NCc2ccco2)cc1. The van der Waals surface area contributed by atoms with E-state index in [0.29, 0.717) is 19.0 Å². The molecule has 0 atom stereocenters. The molecule has 29 heavy (non-hydrogen) atoms. The van der Waals surface area contributed by atoms with Crippen LogP contribution in [0.25, 0.3) is 0 Å². The number of non-ortho nitro benzene ring substituents is 1. The Kier molecular flexibility index (Phi) is 9.16. The monoisotopic (exact) mass is 506 g/mol. The van der Waals surface area contributed by atoms with Gasteiger partial charge in [0.2, 0.25) is 0 Å². The predicted molar refractivity (Wildman–Crippen MR) is 123 cm³/mol. The van der Waals surface area contributed by atoms with Crippen molar-refractivity contribution in [3.63, 3.8) is 0 Å². The molecule has 0 unspecified atom stereocenters. The second-order valence-electron chi connectivity index (χ2n) is 6.18. The number of nitro groups is 1. The summed E-state index contributed by atoms with van der Waals surface area (Å²) in [6.45, 7) is 1.66. The summed E-state index contributed by atoms with van der Waals surface area (Å²) in [5, 5.41) is 17.3. The first-order valence-electron chi connectivity index (χ1n) is 9.02. The third kappa shape index (κ3) is 7.57. The number of benzene rings is 2. The number of nitrogens with one attached hydrogen (secondary N) is 2. The highest BCUT2D eigenvalue weighted by Crippen LogP contribution is 2.12. The van der Waals surface area contributed by atoms with Gasteiger partial charge in [-0.05, 0) is 29.7 Å². The van der Waals surface area contributed by atoms with Crippen LogP contribution < -0.4 is 10.6 Å². The lowest BCUT2D eigenvalue weighted by molar-refractivity contribution is -0.384. The Morgan fingerprint density at radius 1 is 0.966 bits per heavy atom. The first-order chi connectivity index (χ1) is 13.7. The number of nitro benzene ring substituents is 1. The topological polar surface area (TPSA) is 92.7 Å². The molecule has 152 valence electrons. The summed E-state index contributed by atoms with van der Waals surface area (Å²) in [6.07, 6.45) is 2.51. The molecule has 8 heteroatoms. The predicted octanol–water partition coefficient (Wildman–Crippen LogP) is 4.28. The summed E-state index contributed by atoms with van der Waals surface area (Å²) in [5.41, 5.74) is 2.22. The molecule has 1 heterocycles.